The summed E-state index contributed by atoms with van der Waals surface area (Å²) in [5.41, 5.74) is 2.85. The Kier molecular flexibility index (Phi) is 2.95. The lowest BCUT2D eigenvalue weighted by molar-refractivity contribution is 0.0642. The number of nitrogens with zero attached hydrogens (tertiary/aromatic N) is 1. The highest BCUT2D eigenvalue weighted by Gasteiger charge is 2.34. The summed E-state index contributed by atoms with van der Waals surface area (Å²) < 4.78 is 0. The van der Waals surface area contributed by atoms with Crippen LogP contribution < -0.4 is 0 Å². The van der Waals surface area contributed by atoms with E-state index in [0.29, 0.717) is 11.1 Å². The Labute approximate surface area is 117 Å². The van der Waals surface area contributed by atoms with Crippen molar-refractivity contribution in [3.05, 3.63) is 77.4 Å². The van der Waals surface area contributed by atoms with Crippen LogP contribution in [0.4, 0.5) is 0 Å². The Morgan fingerprint density at radius 3 is 2.20 bits per heavy atom. The molecule has 0 saturated carbocycles. The Morgan fingerprint density at radius 1 is 0.950 bits per heavy atom. The molecule has 0 aliphatic carbocycles. The fourth-order valence-electron chi connectivity index (χ4n) is 2.38. The van der Waals surface area contributed by atoms with Gasteiger partial charge in [-0.25, -0.2) is 0 Å². The summed E-state index contributed by atoms with van der Waals surface area (Å²) in [6.07, 6.45) is 1.74. The van der Waals surface area contributed by atoms with Crippen LogP contribution in [-0.4, -0.2) is 16.7 Å². The first-order valence-corrected chi connectivity index (χ1v) is 6.37. The Morgan fingerprint density at radius 2 is 1.60 bits per heavy atom. The van der Waals surface area contributed by atoms with Crippen LogP contribution in [0.25, 0.3) is 6.08 Å². The molecule has 3 heteroatoms. The number of rotatable bonds is 3. The number of hydrogen-bond acceptors (Lipinski definition) is 2. The van der Waals surface area contributed by atoms with Gasteiger partial charge in [-0.2, -0.15) is 0 Å². The number of hydrogen-bond donors (Lipinski definition) is 0. The predicted octanol–water partition coefficient (Wildman–Crippen LogP) is 3.13. The molecule has 0 radical (unpaired) electrons. The minimum Gasteiger partial charge on any atom is -0.270 e. The maximum atomic E-state index is 12.3. The number of carbonyl (C=O) groups is 2. The molecule has 3 rings (SSSR count). The first kappa shape index (κ1) is 12.4. The standard InChI is InChI=1S/C17H13NO2/c1-2-12-6-5-7-13(10-12)11-18-16(19)14-8-3-4-9-15(14)17(18)20/h2-10H,1,11H2. The van der Waals surface area contributed by atoms with E-state index >= 15 is 0 Å². The second-order valence-corrected chi connectivity index (χ2v) is 4.69. The minimum atomic E-state index is -0.227. The Hall–Kier alpha value is -2.68. The molecular formula is C17H13NO2. The first-order valence-electron chi connectivity index (χ1n) is 6.37. The molecule has 0 atom stereocenters. The molecule has 0 spiro atoms. The second-order valence-electron chi connectivity index (χ2n) is 4.69. The number of amides is 2. The van der Waals surface area contributed by atoms with Crippen molar-refractivity contribution in [1.29, 1.82) is 0 Å². The molecule has 0 bridgehead atoms. The molecule has 0 N–H and O–H groups in total. The molecule has 20 heavy (non-hydrogen) atoms. The molecule has 0 fully saturated rings. The monoisotopic (exact) mass is 263 g/mol. The molecule has 0 saturated heterocycles. The van der Waals surface area contributed by atoms with Gasteiger partial charge >= 0.3 is 0 Å². The molecule has 1 aliphatic rings. The lowest BCUT2D eigenvalue weighted by Crippen LogP contribution is -2.29. The van der Waals surface area contributed by atoms with Crippen LogP contribution in [0.3, 0.4) is 0 Å². The van der Waals surface area contributed by atoms with E-state index in [1.54, 1.807) is 30.3 Å². The maximum Gasteiger partial charge on any atom is 0.261 e. The quantitative estimate of drug-likeness (QED) is 0.798. The van der Waals surface area contributed by atoms with Gasteiger partial charge in [0.15, 0.2) is 0 Å². The Balaban J connectivity index is 1.91. The zero-order chi connectivity index (χ0) is 14.1. The SMILES string of the molecule is C=Cc1cccc(CN2C(=O)c3ccccc3C2=O)c1. The van der Waals surface area contributed by atoms with Crippen molar-refractivity contribution in [3.63, 3.8) is 0 Å². The third-order valence-electron chi connectivity index (χ3n) is 3.41. The zero-order valence-corrected chi connectivity index (χ0v) is 10.9. The average Bonchev–Trinajstić information content (AvgIpc) is 2.73. The average molecular weight is 263 g/mol. The highest BCUT2D eigenvalue weighted by Crippen LogP contribution is 2.24. The van der Waals surface area contributed by atoms with Crippen LogP contribution in [0, 0.1) is 0 Å². The largest absolute Gasteiger partial charge is 0.270 e. The molecule has 98 valence electrons. The van der Waals surface area contributed by atoms with Gasteiger partial charge in [0.25, 0.3) is 11.8 Å². The summed E-state index contributed by atoms with van der Waals surface area (Å²) in [4.78, 5) is 25.8. The molecule has 3 nitrogen and oxygen atoms in total. The molecule has 1 heterocycles. The van der Waals surface area contributed by atoms with Crippen molar-refractivity contribution >= 4 is 17.9 Å². The Bertz CT molecular complexity index is 683. The molecule has 2 amide bonds. The van der Waals surface area contributed by atoms with Gasteiger partial charge in [-0.15, -0.1) is 0 Å². The van der Waals surface area contributed by atoms with Crippen molar-refractivity contribution in [1.82, 2.24) is 4.90 Å². The van der Waals surface area contributed by atoms with Crippen molar-refractivity contribution in [3.8, 4) is 0 Å². The number of imide groups is 1. The topological polar surface area (TPSA) is 37.4 Å². The summed E-state index contributed by atoms with van der Waals surface area (Å²) in [7, 11) is 0. The predicted molar refractivity (Wildman–Crippen MR) is 77.2 cm³/mol. The summed E-state index contributed by atoms with van der Waals surface area (Å²) in [6.45, 7) is 4.00. The van der Waals surface area contributed by atoms with Crippen LogP contribution in [0.2, 0.25) is 0 Å². The van der Waals surface area contributed by atoms with Crippen molar-refractivity contribution in [2.24, 2.45) is 0 Å². The molecule has 2 aromatic carbocycles. The van der Waals surface area contributed by atoms with E-state index < -0.39 is 0 Å². The smallest absolute Gasteiger partial charge is 0.261 e. The highest BCUT2D eigenvalue weighted by atomic mass is 16.2. The number of fused-ring (bicyclic) bond motifs is 1. The van der Waals surface area contributed by atoms with E-state index in [-0.39, 0.29) is 18.4 Å². The van der Waals surface area contributed by atoms with Gasteiger partial charge < -0.3 is 0 Å². The van der Waals surface area contributed by atoms with E-state index in [9.17, 15) is 9.59 Å². The number of benzene rings is 2. The molecular weight excluding hydrogens is 250 g/mol. The summed E-state index contributed by atoms with van der Waals surface area (Å²) in [5.74, 6) is -0.454. The van der Waals surface area contributed by atoms with E-state index in [1.165, 1.54) is 4.90 Å². The summed E-state index contributed by atoms with van der Waals surface area (Å²) in [5, 5.41) is 0. The highest BCUT2D eigenvalue weighted by molar-refractivity contribution is 6.21. The van der Waals surface area contributed by atoms with Gasteiger partial charge in [0.05, 0.1) is 17.7 Å². The first-order chi connectivity index (χ1) is 9.70. The van der Waals surface area contributed by atoms with Crippen LogP contribution in [0.1, 0.15) is 31.8 Å². The lowest BCUT2D eigenvalue weighted by Gasteiger charge is -2.14. The summed E-state index contributed by atoms with van der Waals surface area (Å²) >= 11 is 0. The van der Waals surface area contributed by atoms with E-state index in [2.05, 4.69) is 6.58 Å². The van der Waals surface area contributed by atoms with Gasteiger partial charge in [0.2, 0.25) is 0 Å². The fourth-order valence-corrected chi connectivity index (χ4v) is 2.38. The van der Waals surface area contributed by atoms with Crippen LogP contribution >= 0.6 is 0 Å². The third-order valence-corrected chi connectivity index (χ3v) is 3.41. The van der Waals surface area contributed by atoms with Crippen LogP contribution in [0.5, 0.6) is 0 Å². The second kappa shape index (κ2) is 4.78. The normalized spacial score (nSPS) is 13.5. The maximum absolute atomic E-state index is 12.3. The van der Waals surface area contributed by atoms with Gasteiger partial charge in [-0.05, 0) is 29.3 Å². The third kappa shape index (κ3) is 1.93. The fraction of sp³-hybridized carbons (Fsp3) is 0.0588. The molecule has 2 aromatic rings. The van der Waals surface area contributed by atoms with Gasteiger partial charge in [-0.1, -0.05) is 43.0 Å². The zero-order valence-electron chi connectivity index (χ0n) is 10.9. The molecule has 0 aromatic heterocycles. The lowest BCUT2D eigenvalue weighted by atomic mass is 10.1. The van der Waals surface area contributed by atoms with E-state index in [0.717, 1.165) is 11.1 Å². The van der Waals surface area contributed by atoms with E-state index in [1.807, 2.05) is 24.3 Å². The van der Waals surface area contributed by atoms with Gasteiger partial charge in [0.1, 0.15) is 0 Å². The summed E-state index contributed by atoms with van der Waals surface area (Å²) in [6, 6.07) is 14.6. The van der Waals surface area contributed by atoms with Gasteiger partial charge in [0, 0.05) is 0 Å². The van der Waals surface area contributed by atoms with Crippen molar-refractivity contribution < 1.29 is 9.59 Å². The van der Waals surface area contributed by atoms with Crippen LogP contribution in [0.15, 0.2) is 55.1 Å². The van der Waals surface area contributed by atoms with Crippen molar-refractivity contribution in [2.75, 3.05) is 0 Å². The molecule has 0 unspecified atom stereocenters. The van der Waals surface area contributed by atoms with Crippen molar-refractivity contribution in [2.45, 2.75) is 6.54 Å². The van der Waals surface area contributed by atoms with Crippen LogP contribution in [-0.2, 0) is 6.54 Å². The van der Waals surface area contributed by atoms with E-state index in [4.69, 9.17) is 0 Å². The molecule has 1 aliphatic heterocycles. The number of carbonyl (C=O) groups excluding carboxylic acids is 2. The van der Waals surface area contributed by atoms with Gasteiger partial charge in [-0.3, -0.25) is 14.5 Å². The minimum absolute atomic E-state index is 0.227.